The molecule has 2 rings (SSSR count). The number of carbonyl (C=O) groups is 1. The number of hydrogen-bond donors (Lipinski definition) is 2. The summed E-state index contributed by atoms with van der Waals surface area (Å²) in [6.07, 6.45) is 0. The molecule has 0 heterocycles. The van der Waals surface area contributed by atoms with Crippen LogP contribution in [-0.2, 0) is 0 Å². The number of thiocarbonyl (C=S) groups is 1. The maximum Gasteiger partial charge on any atom is 0.269 e. The number of hydrogen-bond acceptors (Lipinski definition) is 5. The SMILES string of the molecule is Cc1cc(C)cc(C(=O)NC(=S)N(O)c2ccc([N+](=O)[O-])cc2)c1. The smallest absolute Gasteiger partial charge is 0.269 e. The summed E-state index contributed by atoms with van der Waals surface area (Å²) in [6, 6.07) is 10.5. The van der Waals surface area contributed by atoms with Gasteiger partial charge in [-0.1, -0.05) is 17.2 Å². The average molecular weight is 345 g/mol. The number of nitrogens with one attached hydrogen (secondary N) is 1. The van der Waals surface area contributed by atoms with Crippen molar-refractivity contribution in [2.75, 3.05) is 5.06 Å². The van der Waals surface area contributed by atoms with Crippen LogP contribution in [0.25, 0.3) is 0 Å². The van der Waals surface area contributed by atoms with Crippen LogP contribution in [0.4, 0.5) is 11.4 Å². The van der Waals surface area contributed by atoms with Crippen LogP contribution in [0.3, 0.4) is 0 Å². The molecule has 2 aromatic rings. The minimum Gasteiger partial charge on any atom is -0.297 e. The number of hydroxylamine groups is 1. The first-order chi connectivity index (χ1) is 11.3. The Morgan fingerprint density at radius 3 is 2.21 bits per heavy atom. The Kier molecular flexibility index (Phi) is 5.22. The predicted molar refractivity (Wildman–Crippen MR) is 93.3 cm³/mol. The van der Waals surface area contributed by atoms with Crippen molar-refractivity contribution < 1.29 is 14.9 Å². The highest BCUT2D eigenvalue weighted by molar-refractivity contribution is 7.80. The number of benzene rings is 2. The molecule has 0 fully saturated rings. The second-order valence-corrected chi connectivity index (χ2v) is 5.61. The van der Waals surface area contributed by atoms with Gasteiger partial charge >= 0.3 is 0 Å². The molecule has 0 unspecified atom stereocenters. The molecular weight excluding hydrogens is 330 g/mol. The van der Waals surface area contributed by atoms with Crippen molar-refractivity contribution in [1.82, 2.24) is 5.32 Å². The molecule has 8 heteroatoms. The van der Waals surface area contributed by atoms with Crippen LogP contribution in [0, 0.1) is 24.0 Å². The fraction of sp³-hybridized carbons (Fsp3) is 0.125. The Bertz CT molecular complexity index is 785. The van der Waals surface area contributed by atoms with Gasteiger partial charge in [-0.3, -0.25) is 25.4 Å². The maximum absolute atomic E-state index is 12.2. The van der Waals surface area contributed by atoms with Gasteiger partial charge in [0.25, 0.3) is 11.6 Å². The van der Waals surface area contributed by atoms with E-state index in [2.05, 4.69) is 5.32 Å². The second kappa shape index (κ2) is 7.16. The van der Waals surface area contributed by atoms with Gasteiger partial charge in [0.1, 0.15) is 0 Å². The monoisotopic (exact) mass is 345 g/mol. The van der Waals surface area contributed by atoms with Crippen molar-refractivity contribution in [3.8, 4) is 0 Å². The summed E-state index contributed by atoms with van der Waals surface area (Å²) < 4.78 is 0. The molecule has 0 aromatic heterocycles. The zero-order valence-electron chi connectivity index (χ0n) is 13.0. The summed E-state index contributed by atoms with van der Waals surface area (Å²) in [5.74, 6) is -0.451. The molecule has 1 amide bonds. The standard InChI is InChI=1S/C16H15N3O4S/c1-10-7-11(2)9-12(8-10)15(20)17-16(24)18(21)13-3-5-14(6-4-13)19(22)23/h3-9,21H,1-2H3,(H,17,20,24). The van der Waals surface area contributed by atoms with E-state index in [1.807, 2.05) is 19.9 Å². The molecule has 0 radical (unpaired) electrons. The van der Waals surface area contributed by atoms with Crippen LogP contribution in [0.15, 0.2) is 42.5 Å². The number of non-ortho nitro benzene ring substituents is 1. The Morgan fingerprint density at radius 2 is 1.71 bits per heavy atom. The van der Waals surface area contributed by atoms with Crippen LogP contribution < -0.4 is 10.4 Å². The van der Waals surface area contributed by atoms with Gasteiger partial charge in [0.05, 0.1) is 10.6 Å². The molecule has 0 spiro atoms. The highest BCUT2D eigenvalue weighted by Crippen LogP contribution is 2.18. The number of carbonyl (C=O) groups excluding carboxylic acids is 1. The number of nitro groups is 1. The lowest BCUT2D eigenvalue weighted by Crippen LogP contribution is -2.41. The first-order valence-electron chi connectivity index (χ1n) is 6.95. The topological polar surface area (TPSA) is 95.7 Å². The van der Waals surface area contributed by atoms with Crippen molar-refractivity contribution in [3.05, 3.63) is 69.3 Å². The molecule has 0 aliphatic carbocycles. The number of anilines is 1. The van der Waals surface area contributed by atoms with Crippen molar-refractivity contribution >= 4 is 34.6 Å². The highest BCUT2D eigenvalue weighted by Gasteiger charge is 2.15. The fourth-order valence-corrected chi connectivity index (χ4v) is 2.36. The molecule has 0 bridgehead atoms. The van der Waals surface area contributed by atoms with E-state index >= 15 is 0 Å². The summed E-state index contributed by atoms with van der Waals surface area (Å²) in [4.78, 5) is 22.3. The van der Waals surface area contributed by atoms with Crippen molar-refractivity contribution in [1.29, 1.82) is 0 Å². The van der Waals surface area contributed by atoms with E-state index in [-0.39, 0.29) is 16.5 Å². The van der Waals surface area contributed by atoms with Gasteiger partial charge in [0.2, 0.25) is 5.11 Å². The third-order valence-electron chi connectivity index (χ3n) is 3.20. The Hall–Kier alpha value is -2.84. The molecular formula is C16H15N3O4S. The molecule has 2 aromatic carbocycles. The molecule has 0 atom stereocenters. The molecule has 124 valence electrons. The largest absolute Gasteiger partial charge is 0.297 e. The van der Waals surface area contributed by atoms with Crippen LogP contribution in [0.5, 0.6) is 0 Å². The molecule has 0 aliphatic rings. The number of nitro benzene ring substituents is 1. The first kappa shape index (κ1) is 17.5. The summed E-state index contributed by atoms with van der Waals surface area (Å²) >= 11 is 5.00. The highest BCUT2D eigenvalue weighted by atomic mass is 32.1. The normalized spacial score (nSPS) is 10.1. The number of aryl methyl sites for hydroxylation is 2. The minimum atomic E-state index is -0.550. The van der Waals surface area contributed by atoms with Crippen LogP contribution in [0.1, 0.15) is 21.5 Å². The van der Waals surface area contributed by atoms with E-state index in [1.165, 1.54) is 24.3 Å². The summed E-state index contributed by atoms with van der Waals surface area (Å²) in [6.45, 7) is 3.74. The van der Waals surface area contributed by atoms with Gasteiger partial charge in [-0.2, -0.15) is 5.06 Å². The zero-order chi connectivity index (χ0) is 17.9. The lowest BCUT2D eigenvalue weighted by molar-refractivity contribution is -0.384. The lowest BCUT2D eigenvalue weighted by Gasteiger charge is -2.18. The van der Waals surface area contributed by atoms with Gasteiger partial charge in [-0.05, 0) is 50.3 Å². The fourth-order valence-electron chi connectivity index (χ4n) is 2.16. The molecule has 7 nitrogen and oxygen atoms in total. The Labute approximate surface area is 143 Å². The lowest BCUT2D eigenvalue weighted by atomic mass is 10.1. The van der Waals surface area contributed by atoms with E-state index in [9.17, 15) is 20.1 Å². The van der Waals surface area contributed by atoms with Crippen molar-refractivity contribution in [2.45, 2.75) is 13.8 Å². The molecule has 0 aliphatic heterocycles. The van der Waals surface area contributed by atoms with E-state index in [0.717, 1.165) is 11.1 Å². The quantitative estimate of drug-likeness (QED) is 0.504. The molecule has 24 heavy (non-hydrogen) atoms. The van der Waals surface area contributed by atoms with Gasteiger partial charge in [0, 0.05) is 17.7 Å². The maximum atomic E-state index is 12.2. The number of nitrogens with zero attached hydrogens (tertiary/aromatic N) is 2. The molecule has 0 saturated heterocycles. The van der Waals surface area contributed by atoms with Gasteiger partial charge in [-0.15, -0.1) is 0 Å². The van der Waals surface area contributed by atoms with Crippen LogP contribution in [0.2, 0.25) is 0 Å². The summed E-state index contributed by atoms with van der Waals surface area (Å²) in [5, 5.41) is 23.4. The van der Waals surface area contributed by atoms with Crippen LogP contribution in [-0.4, -0.2) is 21.2 Å². The van der Waals surface area contributed by atoms with E-state index < -0.39 is 10.8 Å². The van der Waals surface area contributed by atoms with Crippen molar-refractivity contribution in [3.63, 3.8) is 0 Å². The molecule has 0 saturated carbocycles. The Morgan fingerprint density at radius 1 is 1.17 bits per heavy atom. The van der Waals surface area contributed by atoms with Gasteiger partial charge in [0.15, 0.2) is 0 Å². The van der Waals surface area contributed by atoms with E-state index in [0.29, 0.717) is 10.6 Å². The zero-order valence-corrected chi connectivity index (χ0v) is 13.8. The second-order valence-electron chi connectivity index (χ2n) is 5.22. The average Bonchev–Trinajstić information content (AvgIpc) is 2.53. The number of rotatable bonds is 3. The van der Waals surface area contributed by atoms with E-state index in [4.69, 9.17) is 12.2 Å². The predicted octanol–water partition coefficient (Wildman–Crippen LogP) is 3.12. The van der Waals surface area contributed by atoms with Crippen molar-refractivity contribution in [2.24, 2.45) is 0 Å². The first-order valence-corrected chi connectivity index (χ1v) is 7.36. The summed E-state index contributed by atoms with van der Waals surface area (Å²) in [7, 11) is 0. The third kappa shape index (κ3) is 4.12. The molecule has 2 N–H and O–H groups in total. The number of amides is 1. The Balaban J connectivity index is 2.10. The van der Waals surface area contributed by atoms with Gasteiger partial charge in [-0.25, -0.2) is 0 Å². The third-order valence-corrected chi connectivity index (χ3v) is 3.48. The van der Waals surface area contributed by atoms with Gasteiger partial charge < -0.3 is 0 Å². The van der Waals surface area contributed by atoms with E-state index in [1.54, 1.807) is 12.1 Å². The van der Waals surface area contributed by atoms with Crippen LogP contribution >= 0.6 is 12.2 Å². The summed E-state index contributed by atoms with van der Waals surface area (Å²) in [5.41, 5.74) is 2.38. The minimum absolute atomic E-state index is 0.114.